The zero-order valence-corrected chi connectivity index (χ0v) is 15.8. The van der Waals surface area contributed by atoms with Gasteiger partial charge < -0.3 is 15.5 Å². The van der Waals surface area contributed by atoms with E-state index in [0.29, 0.717) is 13.1 Å². The van der Waals surface area contributed by atoms with E-state index in [-0.39, 0.29) is 11.4 Å². The Bertz CT molecular complexity index is 734. The monoisotopic (exact) mass is 387 g/mol. The molecule has 9 nitrogen and oxygen atoms in total. The van der Waals surface area contributed by atoms with Crippen LogP contribution < -0.4 is 10.6 Å². The third-order valence-electron chi connectivity index (χ3n) is 4.24. The largest absolute Gasteiger partial charge is 0.311 e. The van der Waals surface area contributed by atoms with Crippen LogP contribution in [0.5, 0.6) is 0 Å². The number of nitro benzene ring substituents is 2. The van der Waals surface area contributed by atoms with Crippen molar-refractivity contribution >= 4 is 11.4 Å². The molecule has 150 valence electrons. The van der Waals surface area contributed by atoms with Crippen molar-refractivity contribution in [3.05, 3.63) is 79.9 Å². The molecule has 0 heterocycles. The Morgan fingerprint density at radius 3 is 1.64 bits per heavy atom. The molecule has 0 bridgehead atoms. The molecule has 2 rings (SSSR count). The molecule has 0 fully saturated rings. The molecule has 9 heteroatoms. The van der Waals surface area contributed by atoms with Crippen LogP contribution in [0.3, 0.4) is 0 Å². The Hall–Kier alpha value is -2.88. The van der Waals surface area contributed by atoms with Gasteiger partial charge in [-0.25, -0.2) is 0 Å². The topological polar surface area (TPSA) is 114 Å². The van der Waals surface area contributed by atoms with Gasteiger partial charge in [-0.2, -0.15) is 0 Å². The SMILES string of the molecule is CN(CCNCc1cccc([N+](=O)[O-])c1)CCNCc1cccc([N+](=O)[O-])c1. The molecule has 28 heavy (non-hydrogen) atoms. The van der Waals surface area contributed by atoms with Gasteiger partial charge in [0, 0.05) is 63.5 Å². The fourth-order valence-electron chi connectivity index (χ4n) is 2.68. The second-order valence-corrected chi connectivity index (χ2v) is 6.51. The number of nitrogens with one attached hydrogen (secondary N) is 2. The average Bonchev–Trinajstić information content (AvgIpc) is 2.69. The highest BCUT2D eigenvalue weighted by Crippen LogP contribution is 2.13. The number of likely N-dealkylation sites (N-methyl/N-ethyl adjacent to an activating group) is 1. The molecule has 0 unspecified atom stereocenters. The summed E-state index contributed by atoms with van der Waals surface area (Å²) < 4.78 is 0. The molecule has 0 saturated carbocycles. The van der Waals surface area contributed by atoms with Gasteiger partial charge in [0.05, 0.1) is 9.85 Å². The number of hydrogen-bond donors (Lipinski definition) is 2. The van der Waals surface area contributed by atoms with E-state index in [0.717, 1.165) is 37.3 Å². The summed E-state index contributed by atoms with van der Waals surface area (Å²) in [6.07, 6.45) is 0. The lowest BCUT2D eigenvalue weighted by atomic mass is 10.2. The number of nitro groups is 2. The fourth-order valence-corrected chi connectivity index (χ4v) is 2.68. The van der Waals surface area contributed by atoms with Crippen molar-refractivity contribution in [2.24, 2.45) is 0 Å². The van der Waals surface area contributed by atoms with Gasteiger partial charge >= 0.3 is 0 Å². The van der Waals surface area contributed by atoms with Crippen LogP contribution in [0.2, 0.25) is 0 Å². The molecular formula is C19H25N5O4. The normalized spacial score (nSPS) is 10.9. The molecule has 0 radical (unpaired) electrons. The van der Waals surface area contributed by atoms with Gasteiger partial charge in [-0.05, 0) is 18.2 Å². The summed E-state index contributed by atoms with van der Waals surface area (Å²) in [5.74, 6) is 0. The van der Waals surface area contributed by atoms with Gasteiger partial charge in [0.1, 0.15) is 0 Å². The van der Waals surface area contributed by atoms with Crippen LogP contribution in [0.25, 0.3) is 0 Å². The summed E-state index contributed by atoms with van der Waals surface area (Å²) in [7, 11) is 2.02. The van der Waals surface area contributed by atoms with E-state index < -0.39 is 9.85 Å². The molecule has 0 aliphatic rings. The van der Waals surface area contributed by atoms with Crippen LogP contribution in [-0.4, -0.2) is 48.0 Å². The lowest BCUT2D eigenvalue weighted by molar-refractivity contribution is -0.385. The second-order valence-electron chi connectivity index (χ2n) is 6.51. The van der Waals surface area contributed by atoms with Crippen LogP contribution in [-0.2, 0) is 13.1 Å². The molecule has 0 aliphatic heterocycles. The van der Waals surface area contributed by atoms with Crippen molar-refractivity contribution < 1.29 is 9.85 Å². The highest BCUT2D eigenvalue weighted by Gasteiger charge is 2.06. The lowest BCUT2D eigenvalue weighted by Gasteiger charge is -2.17. The summed E-state index contributed by atoms with van der Waals surface area (Å²) in [6, 6.07) is 13.2. The molecule has 0 aliphatic carbocycles. The van der Waals surface area contributed by atoms with Crippen molar-refractivity contribution in [2.75, 3.05) is 33.2 Å². The van der Waals surface area contributed by atoms with E-state index in [1.165, 1.54) is 12.1 Å². The zero-order valence-electron chi connectivity index (χ0n) is 15.8. The molecule has 0 atom stereocenters. The minimum Gasteiger partial charge on any atom is -0.311 e. The van der Waals surface area contributed by atoms with Gasteiger partial charge in [-0.15, -0.1) is 0 Å². The summed E-state index contributed by atoms with van der Waals surface area (Å²) in [5, 5.41) is 28.1. The van der Waals surface area contributed by atoms with Gasteiger partial charge in [-0.1, -0.05) is 24.3 Å². The Morgan fingerprint density at radius 2 is 1.25 bits per heavy atom. The molecule has 0 aromatic heterocycles. The molecular weight excluding hydrogens is 362 g/mol. The van der Waals surface area contributed by atoms with Crippen molar-refractivity contribution in [3.8, 4) is 0 Å². The van der Waals surface area contributed by atoms with Crippen LogP contribution in [0, 0.1) is 20.2 Å². The third kappa shape index (κ3) is 7.39. The molecule has 2 aromatic carbocycles. The lowest BCUT2D eigenvalue weighted by Crippen LogP contribution is -2.34. The van der Waals surface area contributed by atoms with E-state index in [4.69, 9.17) is 0 Å². The van der Waals surface area contributed by atoms with E-state index in [1.54, 1.807) is 24.3 Å². The van der Waals surface area contributed by atoms with Crippen LogP contribution >= 0.6 is 0 Å². The van der Waals surface area contributed by atoms with Gasteiger partial charge in [0.2, 0.25) is 0 Å². The number of nitrogens with zero attached hydrogens (tertiary/aromatic N) is 3. The number of non-ortho nitro benzene ring substituents is 2. The summed E-state index contributed by atoms with van der Waals surface area (Å²) in [6.45, 7) is 4.39. The van der Waals surface area contributed by atoms with E-state index >= 15 is 0 Å². The van der Waals surface area contributed by atoms with Crippen LogP contribution in [0.4, 0.5) is 11.4 Å². The van der Waals surface area contributed by atoms with E-state index in [2.05, 4.69) is 15.5 Å². The van der Waals surface area contributed by atoms with Crippen LogP contribution in [0.15, 0.2) is 48.5 Å². The molecule has 0 saturated heterocycles. The smallest absolute Gasteiger partial charge is 0.269 e. The van der Waals surface area contributed by atoms with Crippen molar-refractivity contribution in [1.82, 2.24) is 15.5 Å². The van der Waals surface area contributed by atoms with Crippen molar-refractivity contribution in [2.45, 2.75) is 13.1 Å². The van der Waals surface area contributed by atoms with E-state index in [9.17, 15) is 20.2 Å². The summed E-state index contributed by atoms with van der Waals surface area (Å²) in [4.78, 5) is 22.9. The standard InChI is InChI=1S/C19H25N5O4/c1-22(10-8-20-14-16-4-2-6-18(12-16)23(25)26)11-9-21-15-17-5-3-7-19(13-17)24(27)28/h2-7,12-13,20-21H,8-11,14-15H2,1H3. The number of benzene rings is 2. The molecule has 2 aromatic rings. The molecule has 2 N–H and O–H groups in total. The first-order valence-corrected chi connectivity index (χ1v) is 9.02. The van der Waals surface area contributed by atoms with Gasteiger partial charge in [-0.3, -0.25) is 20.2 Å². The molecule has 0 spiro atoms. The zero-order chi connectivity index (χ0) is 20.4. The minimum absolute atomic E-state index is 0.103. The maximum absolute atomic E-state index is 10.8. The average molecular weight is 387 g/mol. The first-order valence-electron chi connectivity index (χ1n) is 9.02. The number of rotatable bonds is 12. The second kappa shape index (κ2) is 11.1. The fraction of sp³-hybridized carbons (Fsp3) is 0.368. The Balaban J connectivity index is 1.59. The third-order valence-corrected chi connectivity index (χ3v) is 4.24. The van der Waals surface area contributed by atoms with Gasteiger partial charge in [0.25, 0.3) is 11.4 Å². The first kappa shape index (κ1) is 21.4. The summed E-state index contributed by atoms with van der Waals surface area (Å²) >= 11 is 0. The maximum Gasteiger partial charge on any atom is 0.269 e. The quantitative estimate of drug-likeness (QED) is 0.326. The van der Waals surface area contributed by atoms with E-state index in [1.807, 2.05) is 19.2 Å². The van der Waals surface area contributed by atoms with Crippen molar-refractivity contribution in [1.29, 1.82) is 0 Å². The predicted molar refractivity (Wildman–Crippen MR) is 107 cm³/mol. The highest BCUT2D eigenvalue weighted by atomic mass is 16.6. The Labute approximate surface area is 163 Å². The first-order chi connectivity index (χ1) is 13.5. The highest BCUT2D eigenvalue weighted by molar-refractivity contribution is 5.34. The Kier molecular flexibility index (Phi) is 8.47. The number of hydrogen-bond acceptors (Lipinski definition) is 7. The predicted octanol–water partition coefficient (Wildman–Crippen LogP) is 2.31. The summed E-state index contributed by atoms with van der Waals surface area (Å²) in [5.41, 5.74) is 1.98. The molecule has 0 amide bonds. The minimum atomic E-state index is -0.391. The maximum atomic E-state index is 10.8. The van der Waals surface area contributed by atoms with Crippen LogP contribution in [0.1, 0.15) is 11.1 Å². The van der Waals surface area contributed by atoms with Gasteiger partial charge in [0.15, 0.2) is 0 Å². The Morgan fingerprint density at radius 1 is 0.821 bits per heavy atom. The van der Waals surface area contributed by atoms with Crippen molar-refractivity contribution in [3.63, 3.8) is 0 Å².